The molecule has 1 unspecified atom stereocenters. The summed E-state index contributed by atoms with van der Waals surface area (Å²) in [6.07, 6.45) is 2.37. The largest absolute Gasteiger partial charge is 0.330 e. The molecule has 0 heterocycles. The lowest BCUT2D eigenvalue weighted by molar-refractivity contribution is -0.117. The van der Waals surface area contributed by atoms with E-state index < -0.39 is 0 Å². The highest BCUT2D eigenvalue weighted by molar-refractivity contribution is 5.92. The Morgan fingerprint density at radius 2 is 2.11 bits per heavy atom. The zero-order valence-electron chi connectivity index (χ0n) is 11.6. The van der Waals surface area contributed by atoms with Gasteiger partial charge in [0.15, 0.2) is 0 Å². The van der Waals surface area contributed by atoms with Crippen LogP contribution in [0, 0.1) is 12.8 Å². The quantitative estimate of drug-likeness (QED) is 0.813. The van der Waals surface area contributed by atoms with Crippen LogP contribution in [0.25, 0.3) is 0 Å². The highest BCUT2D eigenvalue weighted by Gasteiger charge is 2.13. The topological polar surface area (TPSA) is 55.1 Å². The molecule has 1 aromatic rings. The van der Waals surface area contributed by atoms with Gasteiger partial charge in [0.05, 0.1) is 0 Å². The number of nitrogens with one attached hydrogen (secondary N) is 1. The summed E-state index contributed by atoms with van der Waals surface area (Å²) < 4.78 is 0. The van der Waals surface area contributed by atoms with E-state index in [9.17, 15) is 4.79 Å². The second-order valence-corrected chi connectivity index (χ2v) is 4.72. The molecule has 3 nitrogen and oxygen atoms in total. The van der Waals surface area contributed by atoms with E-state index in [1.807, 2.05) is 19.1 Å². The van der Waals surface area contributed by atoms with Crippen molar-refractivity contribution in [1.82, 2.24) is 0 Å². The lowest BCUT2D eigenvalue weighted by atomic mass is 10.0. The van der Waals surface area contributed by atoms with Gasteiger partial charge in [-0.2, -0.15) is 0 Å². The number of carbonyl (C=O) groups is 1. The minimum Gasteiger partial charge on any atom is -0.330 e. The van der Waals surface area contributed by atoms with Crippen molar-refractivity contribution in [2.45, 2.75) is 40.0 Å². The molecule has 100 valence electrons. The van der Waals surface area contributed by atoms with E-state index in [1.54, 1.807) is 0 Å². The van der Waals surface area contributed by atoms with Crippen LogP contribution in [0.15, 0.2) is 18.2 Å². The molecule has 0 saturated carbocycles. The van der Waals surface area contributed by atoms with Crippen molar-refractivity contribution in [3.8, 4) is 0 Å². The van der Waals surface area contributed by atoms with Gasteiger partial charge in [-0.1, -0.05) is 38.5 Å². The highest BCUT2D eigenvalue weighted by atomic mass is 16.1. The Kier molecular flexibility index (Phi) is 5.86. The van der Waals surface area contributed by atoms with E-state index in [-0.39, 0.29) is 11.8 Å². The predicted molar refractivity (Wildman–Crippen MR) is 76.6 cm³/mol. The number of hydrogen-bond acceptors (Lipinski definition) is 2. The molecule has 0 aromatic heterocycles. The van der Waals surface area contributed by atoms with Crippen molar-refractivity contribution in [3.05, 3.63) is 29.3 Å². The minimum atomic E-state index is 0.0660. The Balaban J connectivity index is 2.75. The number of nitrogens with two attached hydrogens (primary N) is 1. The Hall–Kier alpha value is -1.35. The third-order valence-electron chi connectivity index (χ3n) is 3.39. The summed E-state index contributed by atoms with van der Waals surface area (Å²) in [5.41, 5.74) is 8.90. The summed E-state index contributed by atoms with van der Waals surface area (Å²) in [7, 11) is 0. The molecule has 1 rings (SSSR count). The van der Waals surface area contributed by atoms with Gasteiger partial charge in [0.25, 0.3) is 0 Å². The van der Waals surface area contributed by atoms with Crippen LogP contribution in [0.3, 0.4) is 0 Å². The van der Waals surface area contributed by atoms with Crippen molar-refractivity contribution >= 4 is 11.6 Å². The average molecular weight is 248 g/mol. The van der Waals surface area contributed by atoms with Gasteiger partial charge in [0, 0.05) is 12.1 Å². The highest BCUT2D eigenvalue weighted by Crippen LogP contribution is 2.21. The summed E-state index contributed by atoms with van der Waals surface area (Å²) in [6, 6.07) is 6.11. The van der Waals surface area contributed by atoms with Crippen molar-refractivity contribution < 1.29 is 4.79 Å². The number of para-hydroxylation sites is 1. The van der Waals surface area contributed by atoms with E-state index in [2.05, 4.69) is 25.2 Å². The summed E-state index contributed by atoms with van der Waals surface area (Å²) in [4.78, 5) is 12.0. The second kappa shape index (κ2) is 7.17. The molecule has 0 aliphatic carbocycles. The van der Waals surface area contributed by atoms with Crippen LogP contribution in [-0.2, 0) is 11.2 Å². The fourth-order valence-electron chi connectivity index (χ4n) is 2.05. The number of anilines is 1. The minimum absolute atomic E-state index is 0.0660. The molecule has 3 N–H and O–H groups in total. The van der Waals surface area contributed by atoms with Crippen LogP contribution in [0.1, 0.15) is 37.8 Å². The lowest BCUT2D eigenvalue weighted by Gasteiger charge is -2.15. The maximum Gasteiger partial charge on any atom is 0.224 e. The molecule has 18 heavy (non-hydrogen) atoms. The van der Waals surface area contributed by atoms with Crippen molar-refractivity contribution in [2.75, 3.05) is 11.9 Å². The summed E-state index contributed by atoms with van der Waals surface area (Å²) >= 11 is 0. The number of hydrogen-bond donors (Lipinski definition) is 2. The van der Waals surface area contributed by atoms with Crippen LogP contribution >= 0.6 is 0 Å². The van der Waals surface area contributed by atoms with E-state index in [0.717, 1.165) is 24.1 Å². The summed E-state index contributed by atoms with van der Waals surface area (Å²) in [6.45, 7) is 6.75. The molecule has 0 radical (unpaired) electrons. The van der Waals surface area contributed by atoms with Crippen molar-refractivity contribution in [3.63, 3.8) is 0 Å². The summed E-state index contributed by atoms with van der Waals surface area (Å²) in [5.74, 6) is 0.343. The van der Waals surface area contributed by atoms with Crippen LogP contribution in [-0.4, -0.2) is 12.5 Å². The standard InChI is InChI=1S/C15H24N2O/c1-4-12(10-16)9-14(18)17-15-11(3)7-6-8-13(15)5-2/h6-8,12H,4-5,9-10,16H2,1-3H3,(H,17,18). The van der Waals surface area contributed by atoms with E-state index in [1.165, 1.54) is 5.56 Å². The van der Waals surface area contributed by atoms with Gasteiger partial charge in [-0.05, 0) is 36.9 Å². The van der Waals surface area contributed by atoms with Gasteiger partial charge >= 0.3 is 0 Å². The number of aryl methyl sites for hydroxylation is 2. The number of carbonyl (C=O) groups excluding carboxylic acids is 1. The SMILES string of the molecule is CCc1cccc(C)c1NC(=O)CC(CC)CN. The number of rotatable bonds is 6. The van der Waals surface area contributed by atoms with Crippen LogP contribution in [0.5, 0.6) is 0 Å². The Morgan fingerprint density at radius 3 is 2.67 bits per heavy atom. The van der Waals surface area contributed by atoms with Gasteiger partial charge in [0.1, 0.15) is 0 Å². The monoisotopic (exact) mass is 248 g/mol. The summed E-state index contributed by atoms with van der Waals surface area (Å²) in [5, 5.41) is 3.03. The molecule has 0 saturated heterocycles. The smallest absolute Gasteiger partial charge is 0.224 e. The molecule has 1 atom stereocenters. The first-order valence-electron chi connectivity index (χ1n) is 6.70. The second-order valence-electron chi connectivity index (χ2n) is 4.72. The molecule has 0 fully saturated rings. The third-order valence-corrected chi connectivity index (χ3v) is 3.39. The first-order chi connectivity index (χ1) is 8.62. The van der Waals surface area contributed by atoms with E-state index >= 15 is 0 Å². The van der Waals surface area contributed by atoms with E-state index in [4.69, 9.17) is 5.73 Å². The third kappa shape index (κ3) is 3.84. The Bertz CT molecular complexity index is 397. The normalized spacial score (nSPS) is 12.2. The zero-order valence-corrected chi connectivity index (χ0v) is 11.6. The number of benzene rings is 1. The molecule has 1 aromatic carbocycles. The Morgan fingerprint density at radius 1 is 1.39 bits per heavy atom. The van der Waals surface area contributed by atoms with Gasteiger partial charge in [0.2, 0.25) is 5.91 Å². The molecule has 1 amide bonds. The maximum absolute atomic E-state index is 12.0. The van der Waals surface area contributed by atoms with Crippen molar-refractivity contribution in [1.29, 1.82) is 0 Å². The van der Waals surface area contributed by atoms with Gasteiger partial charge in [-0.15, -0.1) is 0 Å². The maximum atomic E-state index is 12.0. The zero-order chi connectivity index (χ0) is 13.5. The molecular weight excluding hydrogens is 224 g/mol. The molecular formula is C15H24N2O. The Labute approximate surface area is 110 Å². The van der Waals surface area contributed by atoms with Crippen LogP contribution in [0.2, 0.25) is 0 Å². The molecule has 0 aliphatic rings. The first-order valence-corrected chi connectivity index (χ1v) is 6.70. The molecule has 0 aliphatic heterocycles. The fourth-order valence-corrected chi connectivity index (χ4v) is 2.05. The van der Waals surface area contributed by atoms with Gasteiger partial charge < -0.3 is 11.1 Å². The van der Waals surface area contributed by atoms with Gasteiger partial charge in [-0.25, -0.2) is 0 Å². The predicted octanol–water partition coefficient (Wildman–Crippen LogP) is 2.87. The molecule has 0 spiro atoms. The van der Waals surface area contributed by atoms with Crippen molar-refractivity contribution in [2.24, 2.45) is 11.7 Å². The van der Waals surface area contributed by atoms with Gasteiger partial charge in [-0.3, -0.25) is 4.79 Å². The number of amides is 1. The van der Waals surface area contributed by atoms with E-state index in [0.29, 0.717) is 13.0 Å². The molecule has 3 heteroatoms. The lowest BCUT2D eigenvalue weighted by Crippen LogP contribution is -2.22. The average Bonchev–Trinajstić information content (AvgIpc) is 2.38. The van der Waals surface area contributed by atoms with Crippen LogP contribution in [0.4, 0.5) is 5.69 Å². The van der Waals surface area contributed by atoms with Crippen LogP contribution < -0.4 is 11.1 Å². The first kappa shape index (κ1) is 14.7. The fraction of sp³-hybridized carbons (Fsp3) is 0.533. The molecule has 0 bridgehead atoms.